The number of hydrogen-bond acceptors (Lipinski definition) is 10. The van der Waals surface area contributed by atoms with Gasteiger partial charge in [-0.25, -0.2) is 14.4 Å². The monoisotopic (exact) mass is 507 g/mol. The van der Waals surface area contributed by atoms with Crippen LogP contribution in [0.25, 0.3) is 0 Å². The van der Waals surface area contributed by atoms with Crippen LogP contribution < -0.4 is 0 Å². The molecule has 11 nitrogen and oxygen atoms in total. The lowest BCUT2D eigenvalue weighted by atomic mass is 9.69. The number of amides is 1. The van der Waals surface area contributed by atoms with Crippen LogP contribution in [0.5, 0.6) is 0 Å². The molecule has 0 aromatic rings. The molecule has 1 unspecified atom stereocenters. The van der Waals surface area contributed by atoms with Crippen molar-refractivity contribution in [3.05, 3.63) is 22.6 Å². The van der Waals surface area contributed by atoms with Crippen LogP contribution >= 0.6 is 0 Å². The molecule has 0 aromatic carbocycles. The number of ether oxygens (including phenoxy) is 4. The SMILES string of the molecule is CCOC(=O)C1(C(=O)OC)C(=O)C(OC(=O)C(C)(C)C)=C2CCN(C(=O)C(C)(C)C)C2=C1C(=O)OC. The number of Topliss-reactive ketones (excluding diaryl/α,β-unsaturated/α-hetero) is 1. The first kappa shape index (κ1) is 28.7. The number of likely N-dealkylation sites (tertiary alicyclic amines) is 1. The van der Waals surface area contributed by atoms with E-state index in [4.69, 9.17) is 18.9 Å². The molecule has 1 atom stereocenters. The summed E-state index contributed by atoms with van der Waals surface area (Å²) in [6.07, 6.45) is 0.0101. The van der Waals surface area contributed by atoms with E-state index >= 15 is 0 Å². The molecule has 36 heavy (non-hydrogen) atoms. The molecule has 2 aliphatic rings. The van der Waals surface area contributed by atoms with Gasteiger partial charge in [0.05, 0.1) is 37.5 Å². The molecular formula is C25H33NO10. The van der Waals surface area contributed by atoms with Crippen molar-refractivity contribution in [2.45, 2.75) is 54.9 Å². The van der Waals surface area contributed by atoms with Crippen molar-refractivity contribution < 1.29 is 47.7 Å². The van der Waals surface area contributed by atoms with Crippen LogP contribution in [-0.4, -0.2) is 67.8 Å². The van der Waals surface area contributed by atoms with E-state index in [1.54, 1.807) is 41.5 Å². The van der Waals surface area contributed by atoms with Crippen molar-refractivity contribution in [3.63, 3.8) is 0 Å². The third-order valence-corrected chi connectivity index (χ3v) is 5.73. The maximum Gasteiger partial charge on any atom is 0.338 e. The molecule has 1 saturated heterocycles. The van der Waals surface area contributed by atoms with Gasteiger partial charge in [-0.05, 0) is 34.1 Å². The molecule has 1 heterocycles. The fourth-order valence-corrected chi connectivity index (χ4v) is 3.90. The Hall–Kier alpha value is -3.50. The predicted molar refractivity (Wildman–Crippen MR) is 123 cm³/mol. The van der Waals surface area contributed by atoms with Crippen molar-refractivity contribution in [1.29, 1.82) is 0 Å². The summed E-state index contributed by atoms with van der Waals surface area (Å²) in [5.41, 5.74) is -5.95. The van der Waals surface area contributed by atoms with Crippen molar-refractivity contribution >= 4 is 35.6 Å². The summed E-state index contributed by atoms with van der Waals surface area (Å²) >= 11 is 0. The molecule has 0 aromatic heterocycles. The number of nitrogens with zero attached hydrogens (tertiary/aromatic N) is 1. The Labute approximate surface area is 209 Å². The molecule has 0 N–H and O–H groups in total. The highest BCUT2D eigenvalue weighted by atomic mass is 16.6. The maximum absolute atomic E-state index is 14.0. The minimum Gasteiger partial charge on any atom is -0.468 e. The van der Waals surface area contributed by atoms with Crippen LogP contribution in [0.2, 0.25) is 0 Å². The summed E-state index contributed by atoms with van der Waals surface area (Å²) in [6, 6.07) is 0. The molecule has 1 aliphatic heterocycles. The Balaban J connectivity index is 3.10. The summed E-state index contributed by atoms with van der Waals surface area (Å²) in [6.45, 7) is 10.7. The molecule has 0 radical (unpaired) electrons. The number of carbonyl (C=O) groups excluding carboxylic acids is 6. The van der Waals surface area contributed by atoms with Gasteiger partial charge < -0.3 is 23.8 Å². The second-order valence-electron chi connectivity index (χ2n) is 10.4. The number of hydrogen-bond donors (Lipinski definition) is 0. The van der Waals surface area contributed by atoms with Crippen molar-refractivity contribution in [3.8, 4) is 0 Å². The highest BCUT2D eigenvalue weighted by Crippen LogP contribution is 2.49. The molecule has 11 heteroatoms. The largest absolute Gasteiger partial charge is 0.468 e. The number of fused-ring (bicyclic) bond motifs is 1. The Bertz CT molecular complexity index is 1080. The lowest BCUT2D eigenvalue weighted by Gasteiger charge is -2.36. The van der Waals surface area contributed by atoms with Crippen LogP contribution in [0.3, 0.4) is 0 Å². The predicted octanol–water partition coefficient (Wildman–Crippen LogP) is 1.84. The zero-order valence-corrected chi connectivity index (χ0v) is 22.2. The normalized spacial score (nSPS) is 20.1. The number of methoxy groups -OCH3 is 2. The molecule has 1 fully saturated rings. The van der Waals surface area contributed by atoms with Gasteiger partial charge in [-0.3, -0.25) is 14.4 Å². The van der Waals surface area contributed by atoms with Crippen LogP contribution in [-0.2, 0) is 47.7 Å². The summed E-state index contributed by atoms with van der Waals surface area (Å²) in [7, 11) is 1.92. The quantitative estimate of drug-likeness (QED) is 0.307. The van der Waals surface area contributed by atoms with Crippen LogP contribution in [0, 0.1) is 16.2 Å². The van der Waals surface area contributed by atoms with E-state index in [0.29, 0.717) is 0 Å². The van der Waals surface area contributed by atoms with E-state index in [2.05, 4.69) is 0 Å². The van der Waals surface area contributed by atoms with E-state index in [1.165, 1.54) is 11.8 Å². The smallest absolute Gasteiger partial charge is 0.338 e. The Kier molecular flexibility index (Phi) is 7.87. The zero-order valence-electron chi connectivity index (χ0n) is 22.2. The fraction of sp³-hybridized carbons (Fsp3) is 0.600. The first-order chi connectivity index (χ1) is 16.5. The first-order valence-corrected chi connectivity index (χ1v) is 11.4. The van der Waals surface area contributed by atoms with Crippen LogP contribution in [0.1, 0.15) is 54.9 Å². The van der Waals surface area contributed by atoms with Gasteiger partial charge >= 0.3 is 23.9 Å². The number of ketones is 1. The van der Waals surface area contributed by atoms with Crippen LogP contribution in [0.15, 0.2) is 22.6 Å². The van der Waals surface area contributed by atoms with Gasteiger partial charge in [0.2, 0.25) is 11.7 Å². The molecule has 198 valence electrons. The second-order valence-corrected chi connectivity index (χ2v) is 10.4. The Morgan fingerprint density at radius 2 is 1.50 bits per heavy atom. The summed E-state index contributed by atoms with van der Waals surface area (Å²) in [5, 5.41) is 0. The number of carbonyl (C=O) groups is 6. The molecule has 1 aliphatic carbocycles. The number of esters is 4. The van der Waals surface area contributed by atoms with Crippen molar-refractivity contribution in [1.82, 2.24) is 4.90 Å². The van der Waals surface area contributed by atoms with Crippen molar-refractivity contribution in [2.24, 2.45) is 16.2 Å². The topological polar surface area (TPSA) is 143 Å². The highest BCUT2D eigenvalue weighted by Gasteiger charge is 2.67. The fourth-order valence-electron chi connectivity index (χ4n) is 3.90. The molecule has 0 spiro atoms. The lowest BCUT2D eigenvalue weighted by Crippen LogP contribution is -2.55. The summed E-state index contributed by atoms with van der Waals surface area (Å²) in [5.74, 6) is -7.32. The average molecular weight is 508 g/mol. The molecule has 0 bridgehead atoms. The van der Waals surface area contributed by atoms with Gasteiger partial charge in [0.25, 0.3) is 5.41 Å². The summed E-state index contributed by atoms with van der Waals surface area (Å²) in [4.78, 5) is 81.3. The van der Waals surface area contributed by atoms with E-state index in [9.17, 15) is 28.8 Å². The minimum absolute atomic E-state index is 0.00874. The summed E-state index contributed by atoms with van der Waals surface area (Å²) < 4.78 is 20.2. The third-order valence-electron chi connectivity index (χ3n) is 5.73. The Morgan fingerprint density at radius 1 is 0.917 bits per heavy atom. The van der Waals surface area contributed by atoms with E-state index in [1.807, 2.05) is 0 Å². The van der Waals surface area contributed by atoms with E-state index < -0.39 is 63.1 Å². The molecule has 1 amide bonds. The third kappa shape index (κ3) is 4.54. The zero-order chi connectivity index (χ0) is 27.8. The van der Waals surface area contributed by atoms with Gasteiger partial charge in [0.15, 0.2) is 5.76 Å². The molecule has 0 saturated carbocycles. The highest BCUT2D eigenvalue weighted by molar-refractivity contribution is 6.33. The minimum atomic E-state index is -3.02. The lowest BCUT2D eigenvalue weighted by molar-refractivity contribution is -0.174. The van der Waals surface area contributed by atoms with E-state index in [-0.39, 0.29) is 30.8 Å². The average Bonchev–Trinajstić information content (AvgIpc) is 3.21. The standard InChI is InChI=1S/C25H33NO10/c1-10-35-22(32)25(21(31)34-9)14(18(28)33-8)15-13(11-12-26(15)19(29)23(2,3)4)16(17(25)27)36-20(30)24(5,6)7/h10-12H2,1-9H3. The number of rotatable bonds is 5. The van der Waals surface area contributed by atoms with Gasteiger partial charge in [0.1, 0.15) is 0 Å². The van der Waals surface area contributed by atoms with Crippen molar-refractivity contribution in [2.75, 3.05) is 27.4 Å². The van der Waals surface area contributed by atoms with Crippen LogP contribution in [0.4, 0.5) is 0 Å². The molecular weight excluding hydrogens is 474 g/mol. The van der Waals surface area contributed by atoms with Gasteiger partial charge in [-0.15, -0.1) is 0 Å². The van der Waals surface area contributed by atoms with Gasteiger partial charge in [0, 0.05) is 17.5 Å². The number of allylic oxidation sites excluding steroid dienone is 2. The first-order valence-electron chi connectivity index (χ1n) is 11.4. The van der Waals surface area contributed by atoms with E-state index in [0.717, 1.165) is 14.2 Å². The Morgan fingerprint density at radius 3 is 1.94 bits per heavy atom. The van der Waals surface area contributed by atoms with Gasteiger partial charge in [-0.1, -0.05) is 20.8 Å². The van der Waals surface area contributed by atoms with Gasteiger partial charge in [-0.2, -0.15) is 0 Å². The second kappa shape index (κ2) is 9.87. The molecule has 2 rings (SSSR count). The maximum atomic E-state index is 14.0.